The molecule has 0 saturated heterocycles. The van der Waals surface area contributed by atoms with Crippen LogP contribution in [0, 0.1) is 5.92 Å². The first-order chi connectivity index (χ1) is 6.52. The minimum absolute atomic E-state index is 0.697. The Labute approximate surface area is 99.8 Å². The van der Waals surface area contributed by atoms with E-state index in [1.807, 2.05) is 0 Å². The highest BCUT2D eigenvalue weighted by Gasteiger charge is 2.29. The summed E-state index contributed by atoms with van der Waals surface area (Å²) < 4.78 is 0. The molecule has 0 bridgehead atoms. The molecule has 0 spiro atoms. The van der Waals surface area contributed by atoms with Gasteiger partial charge in [-0.1, -0.05) is 52.9 Å². The van der Waals surface area contributed by atoms with Gasteiger partial charge in [0.1, 0.15) is 0 Å². The van der Waals surface area contributed by atoms with Gasteiger partial charge in [-0.2, -0.15) is 0 Å². The zero-order valence-electron chi connectivity index (χ0n) is 9.78. The molecule has 0 aliphatic heterocycles. The Morgan fingerprint density at radius 2 is 1.71 bits per heavy atom. The van der Waals surface area contributed by atoms with Crippen molar-refractivity contribution in [2.45, 2.75) is 65.0 Å². The third kappa shape index (κ3) is 8.13. The predicted octanol–water partition coefficient (Wildman–Crippen LogP) is 5.53. The second kappa shape index (κ2) is 8.01. The summed E-state index contributed by atoms with van der Waals surface area (Å²) >= 11 is 12.8. The molecule has 0 aliphatic carbocycles. The van der Waals surface area contributed by atoms with Crippen LogP contribution in [0.25, 0.3) is 0 Å². The minimum Gasteiger partial charge on any atom is -0.146 e. The van der Waals surface area contributed by atoms with Crippen molar-refractivity contribution in [2.24, 2.45) is 5.92 Å². The number of halogens is 2. The van der Waals surface area contributed by atoms with Crippen molar-refractivity contribution >= 4 is 28.9 Å². The van der Waals surface area contributed by atoms with Gasteiger partial charge in [-0.05, 0) is 18.0 Å². The Bertz CT molecular complexity index is 137. The summed E-state index contributed by atoms with van der Waals surface area (Å²) in [6, 6.07) is 2.15. The van der Waals surface area contributed by atoms with Gasteiger partial charge >= 0.3 is 0 Å². The molecule has 0 nitrogen and oxygen atoms in total. The average Bonchev–Trinajstić information content (AvgIpc) is 2.12. The second-order valence-corrected chi connectivity index (χ2v) is 11.9. The summed E-state index contributed by atoms with van der Waals surface area (Å²) in [5, 5.41) is 0. The molecule has 0 radical (unpaired) electrons. The van der Waals surface area contributed by atoms with E-state index in [1.54, 1.807) is 0 Å². The number of unbranched alkanes of at least 4 members (excludes halogenated alkanes) is 3. The van der Waals surface area contributed by atoms with Gasteiger partial charge < -0.3 is 0 Å². The van der Waals surface area contributed by atoms with Gasteiger partial charge in [0.2, 0.25) is 0 Å². The average molecular weight is 255 g/mol. The lowest BCUT2D eigenvalue weighted by Gasteiger charge is -2.20. The van der Waals surface area contributed by atoms with E-state index in [0.717, 1.165) is 12.1 Å². The van der Waals surface area contributed by atoms with Crippen molar-refractivity contribution in [3.05, 3.63) is 0 Å². The lowest BCUT2D eigenvalue weighted by Crippen LogP contribution is -2.21. The van der Waals surface area contributed by atoms with E-state index in [9.17, 15) is 0 Å². The third-order valence-electron chi connectivity index (χ3n) is 2.74. The molecule has 0 unspecified atom stereocenters. The van der Waals surface area contributed by atoms with Crippen LogP contribution < -0.4 is 0 Å². The number of rotatable bonds is 8. The maximum absolute atomic E-state index is 6.39. The van der Waals surface area contributed by atoms with Gasteiger partial charge in [-0.3, -0.25) is 0 Å². The first-order valence-electron chi connectivity index (χ1n) is 5.89. The van der Waals surface area contributed by atoms with Gasteiger partial charge in [-0.25, -0.2) is 0 Å². The second-order valence-electron chi connectivity index (χ2n) is 4.38. The van der Waals surface area contributed by atoms with Crippen LogP contribution in [0.15, 0.2) is 0 Å². The zero-order valence-corrected chi connectivity index (χ0v) is 12.3. The summed E-state index contributed by atoms with van der Waals surface area (Å²) in [5.41, 5.74) is 0. The molecule has 0 aromatic carbocycles. The standard InChI is InChI=1S/C11H24Cl2Si/c1-4-6-7-8-9-14(12,13)10-11(3)5-2/h11H,4-10H2,1-3H3/t11-/m0/s1. The zero-order chi connectivity index (χ0) is 11.0. The van der Waals surface area contributed by atoms with Gasteiger partial charge in [-0.15, -0.1) is 22.2 Å². The van der Waals surface area contributed by atoms with Crippen LogP contribution in [0.2, 0.25) is 12.1 Å². The Hall–Kier alpha value is 0.797. The summed E-state index contributed by atoms with van der Waals surface area (Å²) in [6.45, 7) is 4.79. The van der Waals surface area contributed by atoms with Crippen molar-refractivity contribution in [1.82, 2.24) is 0 Å². The van der Waals surface area contributed by atoms with E-state index < -0.39 is 6.69 Å². The van der Waals surface area contributed by atoms with E-state index in [1.165, 1.54) is 32.1 Å². The van der Waals surface area contributed by atoms with Crippen LogP contribution in [0.5, 0.6) is 0 Å². The Morgan fingerprint density at radius 1 is 1.07 bits per heavy atom. The highest BCUT2D eigenvalue weighted by molar-refractivity contribution is 7.45. The molecular formula is C11H24Cl2Si. The first-order valence-corrected chi connectivity index (χ1v) is 10.3. The Kier molecular flexibility index (Phi) is 8.46. The van der Waals surface area contributed by atoms with Crippen molar-refractivity contribution in [1.29, 1.82) is 0 Å². The molecule has 14 heavy (non-hydrogen) atoms. The van der Waals surface area contributed by atoms with Gasteiger partial charge in [0.15, 0.2) is 0 Å². The van der Waals surface area contributed by atoms with E-state index in [0.29, 0.717) is 5.92 Å². The Morgan fingerprint density at radius 3 is 2.21 bits per heavy atom. The summed E-state index contributed by atoms with van der Waals surface area (Å²) in [5.74, 6) is 0.697. The smallest absolute Gasteiger partial charge is 0.146 e. The molecule has 3 heteroatoms. The van der Waals surface area contributed by atoms with Crippen LogP contribution >= 0.6 is 22.2 Å². The van der Waals surface area contributed by atoms with E-state index >= 15 is 0 Å². The first kappa shape index (κ1) is 14.8. The molecule has 1 atom stereocenters. The maximum atomic E-state index is 6.39. The van der Waals surface area contributed by atoms with Gasteiger partial charge in [0.05, 0.1) is 0 Å². The lowest BCUT2D eigenvalue weighted by molar-refractivity contribution is 0.616. The maximum Gasteiger partial charge on any atom is 0.251 e. The topological polar surface area (TPSA) is 0 Å². The van der Waals surface area contributed by atoms with Gasteiger partial charge in [0, 0.05) is 0 Å². The van der Waals surface area contributed by atoms with E-state index in [2.05, 4.69) is 20.8 Å². The highest BCUT2D eigenvalue weighted by atomic mass is 35.7. The molecule has 0 aromatic rings. The summed E-state index contributed by atoms with van der Waals surface area (Å²) in [6.07, 6.45) is 6.32. The highest BCUT2D eigenvalue weighted by Crippen LogP contribution is 2.32. The molecule has 0 amide bonds. The number of hydrogen-bond acceptors (Lipinski definition) is 0. The molecular weight excluding hydrogens is 231 g/mol. The van der Waals surface area contributed by atoms with Crippen LogP contribution in [0.3, 0.4) is 0 Å². The number of hydrogen-bond donors (Lipinski definition) is 0. The lowest BCUT2D eigenvalue weighted by atomic mass is 10.2. The largest absolute Gasteiger partial charge is 0.251 e. The van der Waals surface area contributed by atoms with Crippen LogP contribution in [-0.2, 0) is 0 Å². The fourth-order valence-corrected chi connectivity index (χ4v) is 6.23. The normalized spacial score (nSPS) is 14.4. The minimum atomic E-state index is -1.89. The van der Waals surface area contributed by atoms with Gasteiger partial charge in [0.25, 0.3) is 6.69 Å². The molecule has 86 valence electrons. The predicted molar refractivity (Wildman–Crippen MR) is 70.7 cm³/mol. The fourth-order valence-electron chi connectivity index (χ4n) is 1.57. The molecule has 0 aliphatic rings. The van der Waals surface area contributed by atoms with Crippen molar-refractivity contribution < 1.29 is 0 Å². The molecule has 0 aromatic heterocycles. The fraction of sp³-hybridized carbons (Fsp3) is 1.00. The van der Waals surface area contributed by atoms with Crippen molar-refractivity contribution in [3.63, 3.8) is 0 Å². The molecule has 0 fully saturated rings. The van der Waals surface area contributed by atoms with Crippen LogP contribution in [0.4, 0.5) is 0 Å². The van der Waals surface area contributed by atoms with Crippen molar-refractivity contribution in [3.8, 4) is 0 Å². The SMILES string of the molecule is CCCCCC[Si](Cl)(Cl)C[C@@H](C)CC. The monoisotopic (exact) mass is 254 g/mol. The van der Waals surface area contributed by atoms with Crippen LogP contribution in [-0.4, -0.2) is 6.69 Å². The quantitative estimate of drug-likeness (QED) is 0.304. The van der Waals surface area contributed by atoms with E-state index in [4.69, 9.17) is 22.2 Å². The van der Waals surface area contributed by atoms with E-state index in [-0.39, 0.29) is 0 Å². The summed E-state index contributed by atoms with van der Waals surface area (Å²) in [4.78, 5) is 0. The molecule has 0 rings (SSSR count). The molecule has 0 saturated carbocycles. The third-order valence-corrected chi connectivity index (χ3v) is 7.18. The van der Waals surface area contributed by atoms with Crippen LogP contribution in [0.1, 0.15) is 52.9 Å². The Balaban J connectivity index is 3.60. The summed E-state index contributed by atoms with van der Waals surface area (Å²) in [7, 11) is 0. The molecule has 0 N–H and O–H groups in total. The molecule has 0 heterocycles. The van der Waals surface area contributed by atoms with Crippen molar-refractivity contribution in [2.75, 3.05) is 0 Å².